The lowest BCUT2D eigenvalue weighted by Crippen LogP contribution is -2.22. The Morgan fingerprint density at radius 2 is 0.852 bits per heavy atom. The maximum Gasteiger partial charge on any atom is 0.404 e. The van der Waals surface area contributed by atoms with Crippen molar-refractivity contribution >= 4 is 53.1 Å². The van der Waals surface area contributed by atoms with Gasteiger partial charge in [0.15, 0.2) is 0 Å². The van der Waals surface area contributed by atoms with E-state index in [4.69, 9.17) is 50.1 Å². The third-order valence-electron chi connectivity index (χ3n) is 1.51. The third-order valence-corrected chi connectivity index (χ3v) is 2.08. The molecule has 3 amide bonds. The molecule has 0 aliphatic rings. The quantitative estimate of drug-likeness (QED) is 0.347. The van der Waals surface area contributed by atoms with Crippen LogP contribution in [-0.4, -0.2) is 85.8 Å². The van der Waals surface area contributed by atoms with Crippen molar-refractivity contribution < 1.29 is 29.7 Å². The van der Waals surface area contributed by atoms with E-state index >= 15 is 0 Å². The molecular weight excluding hydrogens is 431 g/mol. The number of carboxylic acid groups (broad SMARTS) is 3. The lowest BCUT2D eigenvalue weighted by molar-refractivity contribution is 0.194. The zero-order chi connectivity index (χ0) is 21.3. The number of hydrogen-bond donors (Lipinski definition) is 6. The van der Waals surface area contributed by atoms with Crippen LogP contribution in [0.2, 0.25) is 0 Å². The SMILES string of the molecule is O=C(O)NCCCl.O=C(O)NCCCl.O=C(O)NCCCl.c1ncncn1. The van der Waals surface area contributed by atoms with Crippen LogP contribution < -0.4 is 16.0 Å². The van der Waals surface area contributed by atoms with Gasteiger partial charge in [-0.25, -0.2) is 29.3 Å². The highest BCUT2D eigenvalue weighted by molar-refractivity contribution is 6.18. The summed E-state index contributed by atoms with van der Waals surface area (Å²) < 4.78 is 0. The van der Waals surface area contributed by atoms with Crippen LogP contribution in [0.25, 0.3) is 0 Å². The summed E-state index contributed by atoms with van der Waals surface area (Å²) in [6, 6.07) is 0. The van der Waals surface area contributed by atoms with Gasteiger partial charge in [0.1, 0.15) is 19.0 Å². The van der Waals surface area contributed by atoms with E-state index in [0.29, 0.717) is 37.3 Å². The van der Waals surface area contributed by atoms with Crippen molar-refractivity contribution in [2.45, 2.75) is 0 Å². The lowest BCUT2D eigenvalue weighted by atomic mass is 10.7. The van der Waals surface area contributed by atoms with E-state index in [2.05, 4.69) is 30.9 Å². The van der Waals surface area contributed by atoms with E-state index in [1.54, 1.807) is 0 Å². The predicted molar refractivity (Wildman–Crippen MR) is 100 cm³/mol. The second-order valence-electron chi connectivity index (χ2n) is 3.56. The summed E-state index contributed by atoms with van der Waals surface area (Å²) in [7, 11) is 0. The van der Waals surface area contributed by atoms with Gasteiger partial charge in [0.2, 0.25) is 0 Å². The van der Waals surface area contributed by atoms with E-state index in [-0.39, 0.29) is 0 Å². The highest BCUT2D eigenvalue weighted by atomic mass is 35.5. The fourth-order valence-electron chi connectivity index (χ4n) is 0.667. The van der Waals surface area contributed by atoms with Gasteiger partial charge in [-0.05, 0) is 0 Å². The Bertz CT molecular complexity index is 405. The molecule has 0 unspecified atom stereocenters. The van der Waals surface area contributed by atoms with Crippen LogP contribution in [0, 0.1) is 0 Å². The summed E-state index contributed by atoms with van der Waals surface area (Å²) in [4.78, 5) is 39.5. The Morgan fingerprint density at radius 3 is 0.926 bits per heavy atom. The molecule has 1 heterocycles. The maximum atomic E-state index is 9.59. The molecule has 6 N–H and O–H groups in total. The average Bonchev–Trinajstić information content (AvgIpc) is 2.65. The molecule has 1 aromatic heterocycles. The first-order chi connectivity index (χ1) is 12.8. The number of amides is 3. The summed E-state index contributed by atoms with van der Waals surface area (Å²) in [5.41, 5.74) is 0. The number of carbonyl (C=O) groups is 3. The monoisotopic (exact) mass is 450 g/mol. The normalized spacial score (nSPS) is 8.11. The van der Waals surface area contributed by atoms with Gasteiger partial charge in [0.25, 0.3) is 0 Å². The van der Waals surface area contributed by atoms with Gasteiger partial charge in [-0.2, -0.15) is 0 Å². The van der Waals surface area contributed by atoms with Crippen molar-refractivity contribution in [1.29, 1.82) is 0 Å². The summed E-state index contributed by atoms with van der Waals surface area (Å²) in [6.07, 6.45) is 1.23. The van der Waals surface area contributed by atoms with Gasteiger partial charge in [-0.15, -0.1) is 34.8 Å². The van der Waals surface area contributed by atoms with Gasteiger partial charge in [0.05, 0.1) is 0 Å². The van der Waals surface area contributed by atoms with Gasteiger partial charge < -0.3 is 31.3 Å². The molecule has 0 fully saturated rings. The minimum Gasteiger partial charge on any atom is -0.465 e. The molecular formula is C12H21Cl3N6O6. The van der Waals surface area contributed by atoms with E-state index < -0.39 is 18.3 Å². The molecule has 0 radical (unpaired) electrons. The van der Waals surface area contributed by atoms with E-state index in [1.165, 1.54) is 19.0 Å². The molecule has 0 bridgehead atoms. The number of nitrogens with one attached hydrogen (secondary N) is 3. The topological polar surface area (TPSA) is 187 Å². The third kappa shape index (κ3) is 45.3. The highest BCUT2D eigenvalue weighted by Gasteiger charge is 1.88. The van der Waals surface area contributed by atoms with Gasteiger partial charge in [-0.3, -0.25) is 0 Å². The Hall–Kier alpha value is -2.31. The molecule has 156 valence electrons. The first kappa shape index (κ1) is 29.5. The summed E-state index contributed by atoms with van der Waals surface area (Å²) in [5.74, 6) is 0.977. The van der Waals surface area contributed by atoms with Crippen molar-refractivity contribution in [2.24, 2.45) is 0 Å². The van der Waals surface area contributed by atoms with Crippen molar-refractivity contribution in [3.63, 3.8) is 0 Å². The first-order valence-electron chi connectivity index (χ1n) is 6.94. The maximum absolute atomic E-state index is 9.59. The smallest absolute Gasteiger partial charge is 0.404 e. The van der Waals surface area contributed by atoms with E-state index in [1.807, 2.05) is 0 Å². The van der Waals surface area contributed by atoms with Crippen molar-refractivity contribution in [2.75, 3.05) is 37.3 Å². The zero-order valence-corrected chi connectivity index (χ0v) is 16.3. The minimum absolute atomic E-state index is 0.316. The van der Waals surface area contributed by atoms with Crippen molar-refractivity contribution in [3.05, 3.63) is 19.0 Å². The number of alkyl halides is 3. The van der Waals surface area contributed by atoms with E-state index in [0.717, 1.165) is 0 Å². The second kappa shape index (κ2) is 25.9. The number of nitrogens with zero attached hydrogens (tertiary/aromatic N) is 3. The van der Waals surface area contributed by atoms with Crippen LogP contribution in [0.4, 0.5) is 14.4 Å². The van der Waals surface area contributed by atoms with Crippen molar-refractivity contribution in [1.82, 2.24) is 30.9 Å². The van der Waals surface area contributed by atoms with Crippen LogP contribution in [0.5, 0.6) is 0 Å². The molecule has 0 saturated heterocycles. The zero-order valence-electron chi connectivity index (χ0n) is 14.0. The van der Waals surface area contributed by atoms with Crippen LogP contribution in [0.1, 0.15) is 0 Å². The molecule has 0 aliphatic heterocycles. The lowest BCUT2D eigenvalue weighted by Gasteiger charge is -1.90. The molecule has 1 rings (SSSR count). The molecule has 0 atom stereocenters. The number of aromatic nitrogens is 3. The molecule has 27 heavy (non-hydrogen) atoms. The minimum atomic E-state index is -1.03. The number of halogens is 3. The Labute approximate surface area is 170 Å². The molecule has 1 aromatic rings. The molecule has 0 spiro atoms. The summed E-state index contributed by atoms with van der Waals surface area (Å²) >= 11 is 15.4. The van der Waals surface area contributed by atoms with Gasteiger partial charge >= 0.3 is 18.3 Å². The molecule has 0 aliphatic carbocycles. The number of rotatable bonds is 6. The van der Waals surface area contributed by atoms with Gasteiger partial charge in [-0.1, -0.05) is 0 Å². The summed E-state index contributed by atoms with van der Waals surface area (Å²) in [6.45, 7) is 0.949. The van der Waals surface area contributed by atoms with Crippen LogP contribution in [0.3, 0.4) is 0 Å². The van der Waals surface area contributed by atoms with Gasteiger partial charge in [0, 0.05) is 37.3 Å². The summed E-state index contributed by atoms with van der Waals surface area (Å²) in [5, 5.41) is 29.9. The van der Waals surface area contributed by atoms with Crippen LogP contribution in [-0.2, 0) is 0 Å². The fraction of sp³-hybridized carbons (Fsp3) is 0.500. The largest absolute Gasteiger partial charge is 0.465 e. The standard InChI is InChI=1S/3C3H6ClNO2.C3H3N3/c3*4-1-2-5-3(6)7;1-4-2-6-3-5-1/h3*5H,1-2H2,(H,6,7);1-3H. The molecule has 12 nitrogen and oxygen atoms in total. The Morgan fingerprint density at radius 1 is 0.630 bits per heavy atom. The fourth-order valence-corrected chi connectivity index (χ4v) is 0.951. The van der Waals surface area contributed by atoms with Crippen molar-refractivity contribution in [3.8, 4) is 0 Å². The highest BCUT2D eigenvalue weighted by Crippen LogP contribution is 1.69. The second-order valence-corrected chi connectivity index (χ2v) is 4.69. The first-order valence-corrected chi connectivity index (χ1v) is 8.55. The molecule has 0 aromatic carbocycles. The van der Waals surface area contributed by atoms with Crippen LogP contribution in [0.15, 0.2) is 19.0 Å². The van der Waals surface area contributed by atoms with Crippen LogP contribution >= 0.6 is 34.8 Å². The predicted octanol–water partition coefficient (Wildman–Crippen LogP) is 1.35. The van der Waals surface area contributed by atoms with E-state index in [9.17, 15) is 14.4 Å². The number of hydrogen-bond acceptors (Lipinski definition) is 6. The Balaban J connectivity index is -0.000000285. The molecule has 0 saturated carbocycles. The molecule has 15 heteroatoms. The Kier molecular flexibility index (Phi) is 28.3. The average molecular weight is 452 g/mol.